The van der Waals surface area contributed by atoms with Crippen molar-refractivity contribution >= 4 is 5.69 Å². The first-order valence-electron chi connectivity index (χ1n) is 10.5. The van der Waals surface area contributed by atoms with E-state index in [0.717, 1.165) is 16.7 Å². The molecule has 3 heterocycles. The Kier molecular flexibility index (Phi) is 5.39. The van der Waals surface area contributed by atoms with Gasteiger partial charge in [0.1, 0.15) is 29.8 Å². The monoisotopic (exact) mass is 469 g/mol. The minimum atomic E-state index is -0.561. The smallest absolute Gasteiger partial charge is 0.307 e. The average Bonchev–Trinajstić information content (AvgIpc) is 3.51. The van der Waals surface area contributed by atoms with E-state index in [2.05, 4.69) is 21.4 Å². The van der Waals surface area contributed by atoms with E-state index >= 15 is 0 Å². The van der Waals surface area contributed by atoms with E-state index in [9.17, 15) is 15.4 Å². The third kappa shape index (κ3) is 3.83. The van der Waals surface area contributed by atoms with Crippen LogP contribution in [-0.4, -0.2) is 32.0 Å². The maximum Gasteiger partial charge on any atom is 0.307 e. The van der Waals surface area contributed by atoms with Crippen LogP contribution in [0.2, 0.25) is 0 Å². The molecule has 0 aliphatic carbocycles. The highest BCUT2D eigenvalue weighted by Crippen LogP contribution is 2.46. The van der Waals surface area contributed by atoms with Gasteiger partial charge in [-0.15, -0.1) is 5.10 Å². The minimum absolute atomic E-state index is 0.0174. The van der Waals surface area contributed by atoms with Crippen molar-refractivity contribution in [3.63, 3.8) is 0 Å². The first-order chi connectivity index (χ1) is 17.0. The zero-order chi connectivity index (χ0) is 24.5. The number of nitrogens with zero attached hydrogens (tertiary/aromatic N) is 5. The summed E-state index contributed by atoms with van der Waals surface area (Å²) in [4.78, 5) is 10.5. The van der Waals surface area contributed by atoms with Gasteiger partial charge in [0.05, 0.1) is 35.8 Å². The topological polar surface area (TPSA) is 158 Å². The second-order valence-electron chi connectivity index (χ2n) is 7.83. The summed E-state index contributed by atoms with van der Waals surface area (Å²) in [6.07, 6.45) is 2.54. The Hall–Kier alpha value is -5.11. The molecule has 0 fully saturated rings. The highest BCUT2D eigenvalue weighted by Gasteiger charge is 2.36. The fraction of sp³-hybridized carbons (Fsp3) is 0.125. The van der Waals surface area contributed by atoms with Gasteiger partial charge >= 0.3 is 5.69 Å². The Morgan fingerprint density at radius 1 is 1.31 bits per heavy atom. The van der Waals surface area contributed by atoms with Gasteiger partial charge < -0.3 is 15.2 Å². The molecule has 0 bridgehead atoms. The number of allylic oxidation sites excluding steroid dienone is 1. The second kappa shape index (κ2) is 8.68. The fourth-order valence-electron chi connectivity index (χ4n) is 4.21. The third-order valence-corrected chi connectivity index (χ3v) is 5.80. The van der Waals surface area contributed by atoms with Crippen molar-refractivity contribution in [2.45, 2.75) is 12.5 Å². The van der Waals surface area contributed by atoms with E-state index in [4.69, 9.17) is 15.2 Å². The molecule has 0 spiro atoms. The molecule has 5 rings (SSSR count). The molecule has 11 nitrogen and oxygen atoms in total. The lowest BCUT2D eigenvalue weighted by Gasteiger charge is -2.25. The summed E-state index contributed by atoms with van der Waals surface area (Å²) < 4.78 is 12.6. The first-order valence-corrected chi connectivity index (χ1v) is 10.5. The van der Waals surface area contributed by atoms with Crippen LogP contribution in [0.3, 0.4) is 0 Å². The molecule has 0 unspecified atom stereocenters. The molecule has 1 aliphatic heterocycles. The van der Waals surface area contributed by atoms with Crippen LogP contribution in [-0.2, 0) is 6.54 Å². The fourth-order valence-corrected chi connectivity index (χ4v) is 4.21. The van der Waals surface area contributed by atoms with E-state index in [1.807, 2.05) is 42.5 Å². The standard InChI is InChI=1S/C24H19N7O4/c1-34-19-8-7-15(9-16(19)12-30-13-17(11-27-30)31(32)33)20-18(10-25)23(26)35-24-21(20)22(28-29-24)14-5-3-2-4-6-14/h2-9,11,13,20H,12,26H2,1H3,(H,28,29)/t20-/m0/s1. The maximum absolute atomic E-state index is 11.0. The summed E-state index contributed by atoms with van der Waals surface area (Å²) in [5.74, 6) is 0.293. The zero-order valence-electron chi connectivity index (χ0n) is 18.5. The molecule has 174 valence electrons. The van der Waals surface area contributed by atoms with Crippen LogP contribution in [0.5, 0.6) is 11.6 Å². The van der Waals surface area contributed by atoms with Crippen molar-refractivity contribution in [2.24, 2.45) is 5.73 Å². The molecular weight excluding hydrogens is 450 g/mol. The number of nitro groups is 1. The van der Waals surface area contributed by atoms with Gasteiger partial charge in [-0.25, -0.2) is 0 Å². The van der Waals surface area contributed by atoms with Gasteiger partial charge in [0.2, 0.25) is 11.8 Å². The van der Waals surface area contributed by atoms with Crippen LogP contribution in [0.25, 0.3) is 11.3 Å². The number of methoxy groups -OCH3 is 1. The Labute approximate surface area is 199 Å². The molecule has 1 atom stereocenters. The minimum Gasteiger partial charge on any atom is -0.496 e. The van der Waals surface area contributed by atoms with Gasteiger partial charge in [0.25, 0.3) is 0 Å². The molecule has 11 heteroatoms. The van der Waals surface area contributed by atoms with Gasteiger partial charge in [-0.2, -0.15) is 10.4 Å². The number of nitrogens with one attached hydrogen (secondary N) is 1. The van der Waals surface area contributed by atoms with Crippen molar-refractivity contribution in [3.8, 4) is 29.0 Å². The van der Waals surface area contributed by atoms with Crippen LogP contribution in [0.15, 0.2) is 72.4 Å². The molecule has 35 heavy (non-hydrogen) atoms. The van der Waals surface area contributed by atoms with E-state index in [1.54, 1.807) is 13.2 Å². The normalized spacial score (nSPS) is 14.7. The van der Waals surface area contributed by atoms with Crippen molar-refractivity contribution in [1.82, 2.24) is 20.0 Å². The van der Waals surface area contributed by atoms with E-state index in [0.29, 0.717) is 22.9 Å². The SMILES string of the molecule is COc1ccc([C@H]2C(C#N)=C(N)Oc3n[nH]c(-c4ccccc4)c32)cc1Cn1cc([N+](=O)[O-])cn1. The van der Waals surface area contributed by atoms with Crippen LogP contribution >= 0.6 is 0 Å². The van der Waals surface area contributed by atoms with Crippen molar-refractivity contribution < 1.29 is 14.4 Å². The Bertz CT molecular complexity index is 1500. The number of fused-ring (bicyclic) bond motifs is 1. The lowest BCUT2D eigenvalue weighted by molar-refractivity contribution is -0.385. The van der Waals surface area contributed by atoms with E-state index in [-0.39, 0.29) is 23.7 Å². The quantitative estimate of drug-likeness (QED) is 0.321. The predicted molar refractivity (Wildman–Crippen MR) is 124 cm³/mol. The number of nitrogens with two attached hydrogens (primary N) is 1. The number of ether oxygens (including phenoxy) is 2. The number of hydrogen-bond donors (Lipinski definition) is 2. The van der Waals surface area contributed by atoms with Crippen LogP contribution in [0.4, 0.5) is 5.69 Å². The highest BCUT2D eigenvalue weighted by molar-refractivity contribution is 5.71. The molecule has 0 saturated carbocycles. The number of H-pyrrole nitrogens is 1. The van der Waals surface area contributed by atoms with Crippen LogP contribution in [0, 0.1) is 21.4 Å². The molecule has 2 aromatic carbocycles. The first kappa shape index (κ1) is 21.7. The van der Waals surface area contributed by atoms with Gasteiger partial charge in [0.15, 0.2) is 0 Å². The molecule has 3 N–H and O–H groups in total. The molecule has 0 saturated heterocycles. The van der Waals surface area contributed by atoms with Gasteiger partial charge in [0, 0.05) is 5.56 Å². The number of aromatic amines is 1. The largest absolute Gasteiger partial charge is 0.496 e. The molecule has 2 aromatic heterocycles. The summed E-state index contributed by atoms with van der Waals surface area (Å²) in [5, 5.41) is 32.4. The summed E-state index contributed by atoms with van der Waals surface area (Å²) in [6, 6.07) is 17.3. The molecular formula is C24H19N7O4. The zero-order valence-corrected chi connectivity index (χ0v) is 18.5. The van der Waals surface area contributed by atoms with Crippen molar-refractivity contribution in [3.05, 3.63) is 99.2 Å². The maximum atomic E-state index is 11.0. The third-order valence-electron chi connectivity index (χ3n) is 5.80. The van der Waals surface area contributed by atoms with Gasteiger partial charge in [-0.3, -0.25) is 19.9 Å². The molecule has 4 aromatic rings. The summed E-state index contributed by atoms with van der Waals surface area (Å²) in [7, 11) is 1.54. The average molecular weight is 469 g/mol. The Morgan fingerprint density at radius 2 is 2.11 bits per heavy atom. The number of rotatable bonds is 6. The number of aromatic nitrogens is 4. The summed E-state index contributed by atoms with van der Waals surface area (Å²) in [6.45, 7) is 0.221. The molecule has 0 amide bonds. The van der Waals surface area contributed by atoms with Crippen LogP contribution in [0.1, 0.15) is 22.6 Å². The van der Waals surface area contributed by atoms with E-state index in [1.165, 1.54) is 17.1 Å². The predicted octanol–water partition coefficient (Wildman–Crippen LogP) is 3.46. The summed E-state index contributed by atoms with van der Waals surface area (Å²) in [5.41, 5.74) is 10.0. The molecule has 1 aliphatic rings. The van der Waals surface area contributed by atoms with Gasteiger partial charge in [-0.05, 0) is 23.3 Å². The van der Waals surface area contributed by atoms with Crippen LogP contribution < -0.4 is 15.2 Å². The lowest BCUT2D eigenvalue weighted by Crippen LogP contribution is -2.21. The van der Waals surface area contributed by atoms with Gasteiger partial charge in [-0.1, -0.05) is 36.4 Å². The molecule has 0 radical (unpaired) electrons. The van der Waals surface area contributed by atoms with E-state index < -0.39 is 10.8 Å². The second-order valence-corrected chi connectivity index (χ2v) is 7.83. The lowest BCUT2D eigenvalue weighted by atomic mass is 9.82. The van der Waals surface area contributed by atoms with Crippen molar-refractivity contribution in [2.75, 3.05) is 7.11 Å². The highest BCUT2D eigenvalue weighted by atomic mass is 16.6. The Balaban J connectivity index is 1.63. The number of benzene rings is 2. The van der Waals surface area contributed by atoms with Crippen molar-refractivity contribution in [1.29, 1.82) is 5.26 Å². The number of nitriles is 1. The number of hydrogen-bond acceptors (Lipinski definition) is 8. The summed E-state index contributed by atoms with van der Waals surface area (Å²) >= 11 is 0. The Morgan fingerprint density at radius 3 is 2.80 bits per heavy atom.